The summed E-state index contributed by atoms with van der Waals surface area (Å²) in [5.74, 6) is 0.434. The standard InChI is InChI=1S/C14H14N4O2S2/c1-2-11-6-7-13(21-11)22(19,20)17-12-5-3-8-15-14(12)18-10-4-9-16-18/h3-10,17H,2H2,1H3. The number of rotatable bonds is 5. The van der Waals surface area contributed by atoms with Crippen LogP contribution in [0.15, 0.2) is 53.1 Å². The Kier molecular flexibility index (Phi) is 3.95. The van der Waals surface area contributed by atoms with Crippen molar-refractivity contribution in [3.05, 3.63) is 53.8 Å². The number of aromatic nitrogens is 3. The van der Waals surface area contributed by atoms with E-state index in [9.17, 15) is 8.42 Å². The van der Waals surface area contributed by atoms with Gasteiger partial charge in [0.25, 0.3) is 10.0 Å². The van der Waals surface area contributed by atoms with Crippen molar-refractivity contribution in [3.63, 3.8) is 0 Å². The van der Waals surface area contributed by atoms with E-state index < -0.39 is 10.0 Å². The van der Waals surface area contributed by atoms with E-state index in [1.54, 1.807) is 42.9 Å². The highest BCUT2D eigenvalue weighted by atomic mass is 32.2. The number of nitrogens with one attached hydrogen (secondary N) is 1. The summed E-state index contributed by atoms with van der Waals surface area (Å²) in [6, 6.07) is 8.54. The summed E-state index contributed by atoms with van der Waals surface area (Å²) in [5, 5.41) is 4.09. The van der Waals surface area contributed by atoms with Gasteiger partial charge < -0.3 is 0 Å². The number of pyridine rings is 1. The minimum absolute atomic E-state index is 0.291. The summed E-state index contributed by atoms with van der Waals surface area (Å²) in [6.07, 6.45) is 5.72. The fraction of sp³-hybridized carbons (Fsp3) is 0.143. The molecule has 3 rings (SSSR count). The number of thiophene rings is 1. The van der Waals surface area contributed by atoms with Gasteiger partial charge in [0.15, 0.2) is 5.82 Å². The van der Waals surface area contributed by atoms with E-state index in [0.29, 0.717) is 15.7 Å². The molecule has 0 aliphatic heterocycles. The van der Waals surface area contributed by atoms with Crippen LogP contribution in [0.2, 0.25) is 0 Å². The topological polar surface area (TPSA) is 76.9 Å². The molecule has 8 heteroatoms. The zero-order valence-electron chi connectivity index (χ0n) is 11.8. The zero-order valence-corrected chi connectivity index (χ0v) is 13.4. The molecule has 0 unspecified atom stereocenters. The largest absolute Gasteiger partial charge is 0.275 e. The average Bonchev–Trinajstić information content (AvgIpc) is 3.19. The second-order valence-electron chi connectivity index (χ2n) is 4.50. The highest BCUT2D eigenvalue weighted by Crippen LogP contribution is 2.26. The van der Waals surface area contributed by atoms with Crippen molar-refractivity contribution in [2.45, 2.75) is 17.6 Å². The maximum atomic E-state index is 12.5. The number of nitrogens with zero attached hydrogens (tertiary/aromatic N) is 3. The molecule has 114 valence electrons. The fourth-order valence-corrected chi connectivity index (χ4v) is 4.30. The molecule has 0 spiro atoms. The first-order valence-electron chi connectivity index (χ1n) is 6.66. The quantitative estimate of drug-likeness (QED) is 0.778. The van der Waals surface area contributed by atoms with Crippen molar-refractivity contribution >= 4 is 27.0 Å². The molecule has 3 aromatic heterocycles. The number of hydrogen-bond donors (Lipinski definition) is 1. The monoisotopic (exact) mass is 334 g/mol. The van der Waals surface area contributed by atoms with E-state index in [1.165, 1.54) is 16.0 Å². The number of sulfonamides is 1. The molecule has 0 aliphatic rings. The lowest BCUT2D eigenvalue weighted by Gasteiger charge is -2.10. The van der Waals surface area contributed by atoms with Gasteiger partial charge in [-0.15, -0.1) is 11.3 Å². The smallest absolute Gasteiger partial charge is 0.271 e. The first-order valence-corrected chi connectivity index (χ1v) is 8.96. The van der Waals surface area contributed by atoms with Gasteiger partial charge in [0.2, 0.25) is 0 Å². The van der Waals surface area contributed by atoms with Crippen LogP contribution in [0.3, 0.4) is 0 Å². The van der Waals surface area contributed by atoms with E-state index in [2.05, 4.69) is 14.8 Å². The third-order valence-electron chi connectivity index (χ3n) is 3.00. The predicted molar refractivity (Wildman–Crippen MR) is 85.9 cm³/mol. The van der Waals surface area contributed by atoms with Crippen LogP contribution in [0.5, 0.6) is 0 Å². The molecule has 22 heavy (non-hydrogen) atoms. The number of anilines is 1. The van der Waals surface area contributed by atoms with Crippen molar-refractivity contribution in [1.82, 2.24) is 14.8 Å². The van der Waals surface area contributed by atoms with Gasteiger partial charge in [-0.05, 0) is 36.8 Å². The minimum atomic E-state index is -3.63. The highest BCUT2D eigenvalue weighted by molar-refractivity contribution is 7.94. The van der Waals surface area contributed by atoms with Gasteiger partial charge in [0.1, 0.15) is 4.21 Å². The van der Waals surface area contributed by atoms with E-state index in [-0.39, 0.29) is 0 Å². The van der Waals surface area contributed by atoms with Crippen LogP contribution in [-0.4, -0.2) is 23.2 Å². The normalized spacial score (nSPS) is 11.5. The van der Waals surface area contributed by atoms with E-state index >= 15 is 0 Å². The van der Waals surface area contributed by atoms with Gasteiger partial charge in [-0.3, -0.25) is 4.72 Å². The predicted octanol–water partition coefficient (Wildman–Crippen LogP) is 2.69. The summed E-state index contributed by atoms with van der Waals surface area (Å²) in [7, 11) is -3.63. The van der Waals surface area contributed by atoms with E-state index in [4.69, 9.17) is 0 Å². The molecule has 1 N–H and O–H groups in total. The van der Waals surface area contributed by atoms with Gasteiger partial charge in [0.05, 0.1) is 5.69 Å². The molecule has 0 radical (unpaired) electrons. The molecule has 0 saturated heterocycles. The Labute approximate surface area is 132 Å². The molecule has 0 atom stereocenters. The lowest BCUT2D eigenvalue weighted by atomic mass is 10.4. The number of aryl methyl sites for hydroxylation is 1. The molecule has 6 nitrogen and oxygen atoms in total. The Morgan fingerprint density at radius 1 is 1.23 bits per heavy atom. The summed E-state index contributed by atoms with van der Waals surface area (Å²) < 4.78 is 29.4. The Bertz CT molecular complexity index is 870. The van der Waals surface area contributed by atoms with Gasteiger partial charge in [-0.25, -0.2) is 18.1 Å². The summed E-state index contributed by atoms with van der Waals surface area (Å²) in [4.78, 5) is 5.22. The van der Waals surface area contributed by atoms with Crippen molar-refractivity contribution < 1.29 is 8.42 Å². The van der Waals surface area contributed by atoms with Gasteiger partial charge in [0, 0.05) is 23.5 Å². The molecular formula is C14H14N4O2S2. The maximum absolute atomic E-state index is 12.5. The average molecular weight is 334 g/mol. The van der Waals surface area contributed by atoms with Gasteiger partial charge >= 0.3 is 0 Å². The van der Waals surface area contributed by atoms with Crippen LogP contribution in [0.4, 0.5) is 5.69 Å². The minimum Gasteiger partial charge on any atom is -0.275 e. The van der Waals surface area contributed by atoms with E-state index in [1.807, 2.05) is 13.0 Å². The summed E-state index contributed by atoms with van der Waals surface area (Å²) in [6.45, 7) is 1.99. The Morgan fingerprint density at radius 2 is 2.09 bits per heavy atom. The Balaban J connectivity index is 1.96. The van der Waals surface area contributed by atoms with Crippen LogP contribution >= 0.6 is 11.3 Å². The molecule has 3 aromatic rings. The second-order valence-corrected chi connectivity index (χ2v) is 7.58. The summed E-state index contributed by atoms with van der Waals surface area (Å²) >= 11 is 1.27. The molecule has 0 fully saturated rings. The van der Waals surface area contributed by atoms with Gasteiger partial charge in [-0.1, -0.05) is 6.92 Å². The molecule has 0 amide bonds. The fourth-order valence-electron chi connectivity index (χ4n) is 1.94. The Morgan fingerprint density at radius 3 is 2.77 bits per heavy atom. The second kappa shape index (κ2) is 5.90. The van der Waals surface area contributed by atoms with Crippen molar-refractivity contribution in [2.75, 3.05) is 4.72 Å². The molecule has 0 aliphatic carbocycles. The SMILES string of the molecule is CCc1ccc(S(=O)(=O)Nc2cccnc2-n2cccn2)s1. The molecule has 3 heterocycles. The lowest BCUT2D eigenvalue weighted by Crippen LogP contribution is -2.14. The first-order chi connectivity index (χ1) is 10.6. The van der Waals surface area contributed by atoms with Crippen LogP contribution in [0, 0.1) is 0 Å². The van der Waals surface area contributed by atoms with Gasteiger partial charge in [-0.2, -0.15) is 5.10 Å². The molecule has 0 saturated carbocycles. The summed E-state index contributed by atoms with van der Waals surface area (Å²) in [5.41, 5.74) is 0.387. The molecule has 0 bridgehead atoms. The third kappa shape index (κ3) is 2.88. The highest BCUT2D eigenvalue weighted by Gasteiger charge is 2.19. The van der Waals surface area contributed by atoms with Crippen molar-refractivity contribution in [2.24, 2.45) is 0 Å². The van der Waals surface area contributed by atoms with Crippen molar-refractivity contribution in [1.29, 1.82) is 0 Å². The molecule has 0 aromatic carbocycles. The lowest BCUT2D eigenvalue weighted by molar-refractivity contribution is 0.603. The van der Waals surface area contributed by atoms with Crippen molar-refractivity contribution in [3.8, 4) is 5.82 Å². The molecular weight excluding hydrogens is 320 g/mol. The van der Waals surface area contributed by atoms with Crippen LogP contribution < -0.4 is 4.72 Å². The third-order valence-corrected chi connectivity index (χ3v) is 6.09. The van der Waals surface area contributed by atoms with Crippen LogP contribution in [0.1, 0.15) is 11.8 Å². The maximum Gasteiger partial charge on any atom is 0.271 e. The van der Waals surface area contributed by atoms with E-state index in [0.717, 1.165) is 11.3 Å². The first kappa shape index (κ1) is 14.7. The van der Waals surface area contributed by atoms with Crippen LogP contribution in [-0.2, 0) is 16.4 Å². The van der Waals surface area contributed by atoms with Crippen LogP contribution in [0.25, 0.3) is 5.82 Å². The number of hydrogen-bond acceptors (Lipinski definition) is 5. The Hall–Kier alpha value is -2.19. The zero-order chi connectivity index (χ0) is 15.6.